The number of anilines is 1. The molecule has 4 rings (SSSR count). The number of likely N-dealkylation sites (tertiary alicyclic amines) is 1. The van der Waals surface area contributed by atoms with Gasteiger partial charge in [-0.2, -0.15) is 0 Å². The van der Waals surface area contributed by atoms with E-state index < -0.39 is 0 Å². The summed E-state index contributed by atoms with van der Waals surface area (Å²) in [4.78, 5) is 27.6. The van der Waals surface area contributed by atoms with Crippen LogP contribution >= 0.6 is 11.6 Å². The van der Waals surface area contributed by atoms with E-state index in [-0.39, 0.29) is 18.4 Å². The molecule has 1 heterocycles. The number of amides is 2. The maximum atomic E-state index is 13.2. The molecule has 1 saturated carbocycles. The average Bonchev–Trinajstić information content (AvgIpc) is 2.82. The highest BCUT2D eigenvalue weighted by atomic mass is 35.5. The van der Waals surface area contributed by atoms with Crippen LogP contribution < -0.4 is 14.8 Å². The standard InChI is InChI=1S/C25H29ClN2O4/c1-31-23-11-10-19(14-21(23)26)27-24(29)16-32-22-9-5-4-8-20(22)25(30)28-13-12-17-6-2-3-7-18(17)15-28/h4-5,8-11,14,17-18H,2-3,6-7,12-13,15-16H2,1H3,(H,27,29)/t17-,18-/m0/s1. The molecular weight excluding hydrogens is 428 g/mol. The van der Waals surface area contributed by atoms with E-state index in [4.69, 9.17) is 21.1 Å². The number of benzene rings is 2. The summed E-state index contributed by atoms with van der Waals surface area (Å²) < 4.78 is 10.9. The number of ether oxygens (including phenoxy) is 2. The molecule has 0 aromatic heterocycles. The van der Waals surface area contributed by atoms with Gasteiger partial charge >= 0.3 is 0 Å². The minimum Gasteiger partial charge on any atom is -0.495 e. The summed E-state index contributed by atoms with van der Waals surface area (Å²) in [6.45, 7) is 1.39. The van der Waals surface area contributed by atoms with Gasteiger partial charge in [0.1, 0.15) is 11.5 Å². The number of fused-ring (bicyclic) bond motifs is 1. The Hall–Kier alpha value is -2.73. The Labute approximate surface area is 193 Å². The molecular formula is C25H29ClN2O4. The summed E-state index contributed by atoms with van der Waals surface area (Å²) in [5.74, 6) is 1.96. The van der Waals surface area contributed by atoms with E-state index in [1.54, 1.807) is 36.4 Å². The number of carbonyl (C=O) groups excluding carboxylic acids is 2. The molecule has 0 radical (unpaired) electrons. The number of rotatable bonds is 6. The van der Waals surface area contributed by atoms with Gasteiger partial charge in [-0.25, -0.2) is 0 Å². The van der Waals surface area contributed by atoms with Crippen LogP contribution in [-0.4, -0.2) is 43.5 Å². The van der Waals surface area contributed by atoms with Crippen molar-refractivity contribution < 1.29 is 19.1 Å². The van der Waals surface area contributed by atoms with Gasteiger partial charge in [-0.15, -0.1) is 0 Å². The normalized spacial score (nSPS) is 20.2. The largest absolute Gasteiger partial charge is 0.495 e. The predicted octanol–water partition coefficient (Wildman–Crippen LogP) is 5.02. The second kappa shape index (κ2) is 10.3. The van der Waals surface area contributed by atoms with Gasteiger partial charge < -0.3 is 19.7 Å². The lowest BCUT2D eigenvalue weighted by Gasteiger charge is -2.41. The second-order valence-electron chi connectivity index (χ2n) is 8.53. The van der Waals surface area contributed by atoms with Crippen molar-refractivity contribution >= 4 is 29.1 Å². The number of para-hydroxylation sites is 1. The summed E-state index contributed by atoms with van der Waals surface area (Å²) in [7, 11) is 1.53. The zero-order chi connectivity index (χ0) is 22.5. The first-order valence-electron chi connectivity index (χ1n) is 11.2. The van der Waals surface area contributed by atoms with Crippen molar-refractivity contribution in [2.75, 3.05) is 32.1 Å². The summed E-state index contributed by atoms with van der Waals surface area (Å²) in [5, 5.41) is 3.15. The molecule has 2 aromatic carbocycles. The van der Waals surface area contributed by atoms with Gasteiger partial charge in [0.05, 0.1) is 17.7 Å². The number of hydrogen-bond donors (Lipinski definition) is 1. The van der Waals surface area contributed by atoms with Gasteiger partial charge in [0, 0.05) is 18.8 Å². The summed E-state index contributed by atoms with van der Waals surface area (Å²) in [6, 6.07) is 12.1. The second-order valence-corrected chi connectivity index (χ2v) is 8.93. The zero-order valence-electron chi connectivity index (χ0n) is 18.3. The molecule has 0 unspecified atom stereocenters. The van der Waals surface area contributed by atoms with Crippen molar-refractivity contribution in [2.45, 2.75) is 32.1 Å². The molecule has 2 fully saturated rings. The summed E-state index contributed by atoms with van der Waals surface area (Å²) in [6.07, 6.45) is 6.16. The van der Waals surface area contributed by atoms with Gasteiger partial charge in [0.15, 0.2) is 6.61 Å². The van der Waals surface area contributed by atoms with Crippen molar-refractivity contribution in [3.63, 3.8) is 0 Å². The Morgan fingerprint density at radius 3 is 2.62 bits per heavy atom. The molecule has 2 atom stereocenters. The van der Waals surface area contributed by atoms with Crippen molar-refractivity contribution in [1.82, 2.24) is 4.90 Å². The van der Waals surface area contributed by atoms with E-state index in [0.29, 0.717) is 33.7 Å². The molecule has 2 aromatic rings. The molecule has 2 amide bonds. The van der Waals surface area contributed by atoms with Crippen LogP contribution in [0.4, 0.5) is 5.69 Å². The minimum atomic E-state index is -0.337. The van der Waals surface area contributed by atoms with Crippen LogP contribution in [0.3, 0.4) is 0 Å². The van der Waals surface area contributed by atoms with Crippen LogP contribution in [0.5, 0.6) is 11.5 Å². The highest BCUT2D eigenvalue weighted by molar-refractivity contribution is 6.32. The van der Waals surface area contributed by atoms with Crippen LogP contribution in [0, 0.1) is 11.8 Å². The lowest BCUT2D eigenvalue weighted by atomic mass is 9.75. The highest BCUT2D eigenvalue weighted by Crippen LogP contribution is 2.37. The van der Waals surface area contributed by atoms with Gasteiger partial charge in [-0.1, -0.05) is 43.0 Å². The number of nitrogens with one attached hydrogen (secondary N) is 1. The Kier molecular flexibility index (Phi) is 7.20. The molecule has 6 nitrogen and oxygen atoms in total. The Morgan fingerprint density at radius 2 is 1.84 bits per heavy atom. The number of nitrogens with zero attached hydrogens (tertiary/aromatic N) is 1. The van der Waals surface area contributed by atoms with Gasteiger partial charge in [0.25, 0.3) is 11.8 Å². The first-order chi connectivity index (χ1) is 15.5. The molecule has 1 N–H and O–H groups in total. The first kappa shape index (κ1) is 22.5. The molecule has 7 heteroatoms. The van der Waals surface area contributed by atoms with Crippen molar-refractivity contribution in [2.24, 2.45) is 11.8 Å². The molecule has 1 saturated heterocycles. The van der Waals surface area contributed by atoms with Crippen LogP contribution in [0.25, 0.3) is 0 Å². The van der Waals surface area contributed by atoms with E-state index in [1.807, 2.05) is 11.0 Å². The van der Waals surface area contributed by atoms with E-state index in [1.165, 1.54) is 32.8 Å². The Morgan fingerprint density at radius 1 is 1.06 bits per heavy atom. The smallest absolute Gasteiger partial charge is 0.262 e. The van der Waals surface area contributed by atoms with Crippen LogP contribution in [0.2, 0.25) is 5.02 Å². The first-order valence-corrected chi connectivity index (χ1v) is 11.6. The highest BCUT2D eigenvalue weighted by Gasteiger charge is 2.33. The topological polar surface area (TPSA) is 67.9 Å². The maximum Gasteiger partial charge on any atom is 0.262 e. The minimum absolute atomic E-state index is 0.0213. The lowest BCUT2D eigenvalue weighted by Crippen LogP contribution is -2.44. The number of hydrogen-bond acceptors (Lipinski definition) is 4. The Bertz CT molecular complexity index is 980. The van der Waals surface area contributed by atoms with E-state index in [2.05, 4.69) is 5.32 Å². The third-order valence-corrected chi connectivity index (χ3v) is 6.79. The van der Waals surface area contributed by atoms with Gasteiger partial charge in [-0.05, 0) is 55.0 Å². The third-order valence-electron chi connectivity index (χ3n) is 6.49. The molecule has 2 aliphatic rings. The van der Waals surface area contributed by atoms with Crippen molar-refractivity contribution in [3.8, 4) is 11.5 Å². The average molecular weight is 457 g/mol. The monoisotopic (exact) mass is 456 g/mol. The molecule has 0 spiro atoms. The number of piperidine rings is 1. The molecule has 1 aliphatic carbocycles. The third kappa shape index (κ3) is 5.18. The Balaban J connectivity index is 1.37. The SMILES string of the molecule is COc1ccc(NC(=O)COc2ccccc2C(=O)N2CC[C@@H]3CCCC[C@H]3C2)cc1Cl. The predicted molar refractivity (Wildman–Crippen MR) is 125 cm³/mol. The molecule has 170 valence electrons. The molecule has 32 heavy (non-hydrogen) atoms. The van der Waals surface area contributed by atoms with E-state index >= 15 is 0 Å². The van der Waals surface area contributed by atoms with Crippen molar-refractivity contribution in [3.05, 3.63) is 53.1 Å². The van der Waals surface area contributed by atoms with Crippen molar-refractivity contribution in [1.29, 1.82) is 0 Å². The van der Waals surface area contributed by atoms with Crippen LogP contribution in [-0.2, 0) is 4.79 Å². The van der Waals surface area contributed by atoms with Crippen LogP contribution in [0.15, 0.2) is 42.5 Å². The fourth-order valence-electron chi connectivity index (χ4n) is 4.81. The zero-order valence-corrected chi connectivity index (χ0v) is 19.1. The summed E-state index contributed by atoms with van der Waals surface area (Å²) in [5.41, 5.74) is 1.05. The fourth-order valence-corrected chi connectivity index (χ4v) is 5.07. The molecule has 0 bridgehead atoms. The fraction of sp³-hybridized carbons (Fsp3) is 0.440. The lowest BCUT2D eigenvalue weighted by molar-refractivity contribution is -0.118. The number of methoxy groups -OCH3 is 1. The van der Waals surface area contributed by atoms with Gasteiger partial charge in [0.2, 0.25) is 0 Å². The molecule has 1 aliphatic heterocycles. The van der Waals surface area contributed by atoms with Crippen LogP contribution in [0.1, 0.15) is 42.5 Å². The van der Waals surface area contributed by atoms with E-state index in [9.17, 15) is 9.59 Å². The van der Waals surface area contributed by atoms with Gasteiger partial charge in [-0.3, -0.25) is 9.59 Å². The summed E-state index contributed by atoms with van der Waals surface area (Å²) >= 11 is 6.11. The quantitative estimate of drug-likeness (QED) is 0.662. The maximum absolute atomic E-state index is 13.2. The number of halogens is 1. The van der Waals surface area contributed by atoms with E-state index in [0.717, 1.165) is 25.4 Å². The number of carbonyl (C=O) groups is 2.